The Labute approximate surface area is 173 Å². The van der Waals surface area contributed by atoms with Crippen molar-refractivity contribution in [1.29, 1.82) is 0 Å². The van der Waals surface area contributed by atoms with Crippen LogP contribution < -0.4 is 5.32 Å². The molecule has 0 atom stereocenters. The van der Waals surface area contributed by atoms with Crippen LogP contribution in [0.2, 0.25) is 0 Å². The van der Waals surface area contributed by atoms with E-state index in [9.17, 15) is 22.8 Å². The number of carbonyl (C=O) groups is 2. The van der Waals surface area contributed by atoms with Crippen molar-refractivity contribution in [3.8, 4) is 16.4 Å². The molecule has 2 aromatic heterocycles. The van der Waals surface area contributed by atoms with Gasteiger partial charge in [0.2, 0.25) is 0 Å². The van der Waals surface area contributed by atoms with Crippen LogP contribution in [0.25, 0.3) is 16.4 Å². The molecule has 0 aliphatic heterocycles. The fraction of sp³-hybridized carbons (Fsp3) is 0.263. The summed E-state index contributed by atoms with van der Waals surface area (Å²) < 4.78 is 45.4. The van der Waals surface area contributed by atoms with Crippen LogP contribution in [0.3, 0.4) is 0 Å². The number of hydrogen-bond donors (Lipinski definition) is 1. The maximum atomic E-state index is 13.1. The number of hydrogen-bond acceptors (Lipinski definition) is 6. The zero-order valence-electron chi connectivity index (χ0n) is 15.8. The van der Waals surface area contributed by atoms with Crippen LogP contribution in [-0.2, 0) is 15.7 Å². The molecule has 0 spiro atoms. The van der Waals surface area contributed by atoms with Crippen molar-refractivity contribution in [2.75, 3.05) is 13.2 Å². The van der Waals surface area contributed by atoms with Crippen molar-refractivity contribution in [3.63, 3.8) is 0 Å². The third kappa shape index (κ3) is 5.03. The van der Waals surface area contributed by atoms with Crippen molar-refractivity contribution >= 4 is 23.2 Å². The van der Waals surface area contributed by atoms with E-state index in [0.29, 0.717) is 11.4 Å². The number of carbonyl (C=O) groups excluding carboxylic acids is 2. The van der Waals surface area contributed by atoms with Gasteiger partial charge in [-0.1, -0.05) is 19.1 Å². The van der Waals surface area contributed by atoms with E-state index in [-0.39, 0.29) is 17.3 Å². The summed E-state index contributed by atoms with van der Waals surface area (Å²) in [6, 6.07) is 7.96. The molecular weight excluding hydrogens is 421 g/mol. The number of aromatic nitrogens is 3. The first-order chi connectivity index (χ1) is 14.3. The highest BCUT2D eigenvalue weighted by Gasteiger charge is 2.31. The Morgan fingerprint density at radius 3 is 2.70 bits per heavy atom. The molecule has 0 fully saturated rings. The van der Waals surface area contributed by atoms with Crippen LogP contribution in [-0.4, -0.2) is 39.8 Å². The molecule has 0 aliphatic carbocycles. The summed E-state index contributed by atoms with van der Waals surface area (Å²) in [5.41, 5.74) is -0.773. The summed E-state index contributed by atoms with van der Waals surface area (Å²) in [6.45, 7) is 1.81. The van der Waals surface area contributed by atoms with Crippen molar-refractivity contribution in [3.05, 3.63) is 53.2 Å². The molecule has 1 N–H and O–H groups in total. The molecule has 2 heterocycles. The Balaban J connectivity index is 1.91. The van der Waals surface area contributed by atoms with Gasteiger partial charge in [-0.25, -0.2) is 9.48 Å². The number of benzene rings is 1. The van der Waals surface area contributed by atoms with E-state index in [1.165, 1.54) is 23.5 Å². The largest absolute Gasteiger partial charge is 0.450 e. The molecule has 30 heavy (non-hydrogen) atoms. The maximum Gasteiger partial charge on any atom is 0.416 e. The predicted molar refractivity (Wildman–Crippen MR) is 103 cm³/mol. The first kappa shape index (κ1) is 21.5. The predicted octanol–water partition coefficient (Wildman–Crippen LogP) is 3.70. The second-order valence-corrected chi connectivity index (χ2v) is 7.07. The molecule has 0 radical (unpaired) electrons. The molecule has 3 rings (SSSR count). The SMILES string of the molecule is CCCNC(=O)COC(=O)c1nc(-c2cccs2)n(-c2cccc(C(F)(F)F)c2)n1. The van der Waals surface area contributed by atoms with E-state index in [0.717, 1.165) is 23.2 Å². The van der Waals surface area contributed by atoms with Gasteiger partial charge in [0.05, 0.1) is 16.1 Å². The van der Waals surface area contributed by atoms with Gasteiger partial charge >= 0.3 is 12.1 Å². The van der Waals surface area contributed by atoms with Gasteiger partial charge in [0.1, 0.15) is 0 Å². The van der Waals surface area contributed by atoms with Gasteiger partial charge in [-0.2, -0.15) is 18.2 Å². The molecule has 0 aliphatic rings. The Morgan fingerprint density at radius 1 is 1.23 bits per heavy atom. The smallest absolute Gasteiger partial charge is 0.416 e. The van der Waals surface area contributed by atoms with Crippen LogP contribution in [0.5, 0.6) is 0 Å². The van der Waals surface area contributed by atoms with Crippen molar-refractivity contribution in [2.45, 2.75) is 19.5 Å². The lowest BCUT2D eigenvalue weighted by Gasteiger charge is -2.09. The fourth-order valence-corrected chi connectivity index (χ4v) is 3.17. The minimum absolute atomic E-state index is 0.0838. The molecule has 0 unspecified atom stereocenters. The number of amides is 1. The van der Waals surface area contributed by atoms with Crippen molar-refractivity contribution in [1.82, 2.24) is 20.1 Å². The van der Waals surface area contributed by atoms with E-state index in [1.807, 2.05) is 6.92 Å². The Hall–Kier alpha value is -3.21. The van der Waals surface area contributed by atoms with Crippen molar-refractivity contribution in [2.24, 2.45) is 0 Å². The van der Waals surface area contributed by atoms with Crippen molar-refractivity contribution < 1.29 is 27.5 Å². The second-order valence-electron chi connectivity index (χ2n) is 6.12. The number of esters is 1. The van der Waals surface area contributed by atoms with E-state index >= 15 is 0 Å². The summed E-state index contributed by atoms with van der Waals surface area (Å²) in [5.74, 6) is -1.60. The van der Waals surface area contributed by atoms with Gasteiger partial charge in [0.15, 0.2) is 12.4 Å². The van der Waals surface area contributed by atoms with Gasteiger partial charge in [0, 0.05) is 6.54 Å². The van der Waals surface area contributed by atoms with Gasteiger partial charge in [-0.15, -0.1) is 16.4 Å². The van der Waals surface area contributed by atoms with E-state index in [4.69, 9.17) is 4.74 Å². The number of nitrogens with zero attached hydrogens (tertiary/aromatic N) is 3. The Bertz CT molecular complexity index is 1030. The number of alkyl halides is 3. The molecule has 158 valence electrons. The second kappa shape index (κ2) is 9.08. The monoisotopic (exact) mass is 438 g/mol. The number of ether oxygens (including phenoxy) is 1. The number of nitrogens with one attached hydrogen (secondary N) is 1. The van der Waals surface area contributed by atoms with Gasteiger partial charge in [0.25, 0.3) is 11.7 Å². The average molecular weight is 438 g/mol. The Morgan fingerprint density at radius 2 is 2.03 bits per heavy atom. The summed E-state index contributed by atoms with van der Waals surface area (Å²) in [5, 5.41) is 8.36. The van der Waals surface area contributed by atoms with Crippen LogP contribution >= 0.6 is 11.3 Å². The standard InChI is InChI=1S/C19H17F3N4O3S/c1-2-8-23-15(27)11-29-18(28)16-24-17(14-7-4-9-30-14)26(25-16)13-6-3-5-12(10-13)19(20,21)22/h3-7,9-10H,2,8,11H2,1H3,(H,23,27). The summed E-state index contributed by atoms with van der Waals surface area (Å²) >= 11 is 1.29. The summed E-state index contributed by atoms with van der Waals surface area (Å²) in [7, 11) is 0. The van der Waals surface area contributed by atoms with Gasteiger partial charge in [-0.05, 0) is 36.1 Å². The topological polar surface area (TPSA) is 86.1 Å². The molecule has 1 aromatic carbocycles. The van der Waals surface area contributed by atoms with Crippen LogP contribution in [0, 0.1) is 0 Å². The zero-order chi connectivity index (χ0) is 21.7. The number of thiophene rings is 1. The number of halogens is 3. The molecule has 1 amide bonds. The normalized spacial score (nSPS) is 11.3. The minimum atomic E-state index is -4.53. The third-order valence-electron chi connectivity index (χ3n) is 3.86. The number of rotatable bonds is 7. The molecule has 11 heteroatoms. The fourth-order valence-electron chi connectivity index (χ4n) is 2.47. The Kier molecular flexibility index (Phi) is 6.50. The minimum Gasteiger partial charge on any atom is -0.450 e. The highest BCUT2D eigenvalue weighted by Crippen LogP contribution is 2.32. The van der Waals surface area contributed by atoms with Crippen LogP contribution in [0.4, 0.5) is 13.2 Å². The quantitative estimate of drug-likeness (QED) is 0.569. The molecule has 0 saturated carbocycles. The lowest BCUT2D eigenvalue weighted by molar-refractivity contribution is -0.137. The highest BCUT2D eigenvalue weighted by molar-refractivity contribution is 7.13. The third-order valence-corrected chi connectivity index (χ3v) is 4.72. The first-order valence-corrected chi connectivity index (χ1v) is 9.80. The molecule has 0 saturated heterocycles. The molecular formula is C19H17F3N4O3S. The molecule has 3 aromatic rings. The van der Waals surface area contributed by atoms with E-state index in [1.54, 1.807) is 17.5 Å². The van der Waals surface area contributed by atoms with Gasteiger partial charge in [-0.3, -0.25) is 4.79 Å². The lowest BCUT2D eigenvalue weighted by atomic mass is 10.2. The van der Waals surface area contributed by atoms with Crippen LogP contribution in [0.1, 0.15) is 29.5 Å². The molecule has 0 bridgehead atoms. The first-order valence-electron chi connectivity index (χ1n) is 8.92. The zero-order valence-corrected chi connectivity index (χ0v) is 16.6. The maximum absolute atomic E-state index is 13.1. The highest BCUT2D eigenvalue weighted by atomic mass is 32.1. The molecule has 7 nitrogen and oxygen atoms in total. The van der Waals surface area contributed by atoms with Gasteiger partial charge < -0.3 is 10.1 Å². The average Bonchev–Trinajstić information content (AvgIpc) is 3.39. The van der Waals surface area contributed by atoms with E-state index < -0.39 is 30.2 Å². The lowest BCUT2D eigenvalue weighted by Crippen LogP contribution is -2.29. The summed E-state index contributed by atoms with van der Waals surface area (Å²) in [6.07, 6.45) is -3.81. The van der Waals surface area contributed by atoms with E-state index in [2.05, 4.69) is 15.4 Å². The summed E-state index contributed by atoms with van der Waals surface area (Å²) in [4.78, 5) is 28.6. The van der Waals surface area contributed by atoms with Crippen LogP contribution in [0.15, 0.2) is 41.8 Å².